The van der Waals surface area contributed by atoms with Gasteiger partial charge in [0.25, 0.3) is 0 Å². The fourth-order valence-corrected chi connectivity index (χ4v) is 2.90. The van der Waals surface area contributed by atoms with Crippen molar-refractivity contribution in [2.75, 3.05) is 19.3 Å². The van der Waals surface area contributed by atoms with Gasteiger partial charge in [0.05, 0.1) is 5.75 Å². The van der Waals surface area contributed by atoms with Crippen molar-refractivity contribution in [3.63, 3.8) is 0 Å². The molecule has 1 rings (SSSR count). The quantitative estimate of drug-likeness (QED) is 0.889. The summed E-state index contributed by atoms with van der Waals surface area (Å²) in [5.41, 5.74) is 6.15. The maximum absolute atomic E-state index is 11.8. The van der Waals surface area contributed by atoms with Gasteiger partial charge < -0.3 is 5.73 Å². The number of sulfonamides is 1. The molecule has 0 fully saturated rings. The molecule has 0 spiro atoms. The maximum Gasteiger partial charge on any atom is 0.215 e. The molecule has 0 aliphatic rings. The molecule has 1 aromatic carbocycles. The monoisotopic (exact) mass is 276 g/mol. The Morgan fingerprint density at radius 2 is 2.12 bits per heavy atom. The molecule has 1 unspecified atom stereocenters. The van der Waals surface area contributed by atoms with Crippen molar-refractivity contribution in [3.05, 3.63) is 34.9 Å². The number of hydrogen-bond acceptors (Lipinski definition) is 3. The summed E-state index contributed by atoms with van der Waals surface area (Å²) in [6.45, 7) is 1.94. The molecule has 0 radical (unpaired) electrons. The predicted octanol–water partition coefficient (Wildman–Crippen LogP) is 1.62. The third-order valence-corrected chi connectivity index (χ3v) is 4.87. The van der Waals surface area contributed by atoms with E-state index in [-0.39, 0.29) is 18.3 Å². The lowest BCUT2D eigenvalue weighted by Crippen LogP contribution is -2.34. The predicted molar refractivity (Wildman–Crippen MR) is 70.5 cm³/mol. The van der Waals surface area contributed by atoms with Crippen LogP contribution in [0.25, 0.3) is 0 Å². The Morgan fingerprint density at radius 3 is 2.65 bits per heavy atom. The number of hydrogen-bond donors (Lipinski definition) is 1. The van der Waals surface area contributed by atoms with E-state index in [0.717, 1.165) is 5.56 Å². The molecule has 17 heavy (non-hydrogen) atoms. The summed E-state index contributed by atoms with van der Waals surface area (Å²) in [6.07, 6.45) is 0. The van der Waals surface area contributed by atoms with Crippen LogP contribution in [0.15, 0.2) is 24.3 Å². The highest BCUT2D eigenvalue weighted by Gasteiger charge is 2.23. The molecule has 96 valence electrons. The molecule has 0 saturated carbocycles. The van der Waals surface area contributed by atoms with Crippen molar-refractivity contribution >= 4 is 21.6 Å². The Hall–Kier alpha value is -0.620. The second-order valence-electron chi connectivity index (χ2n) is 3.85. The third-order valence-electron chi connectivity index (χ3n) is 2.69. The summed E-state index contributed by atoms with van der Waals surface area (Å²) in [5.74, 6) is -0.0472. The van der Waals surface area contributed by atoms with Crippen LogP contribution in [-0.2, 0) is 10.0 Å². The summed E-state index contributed by atoms with van der Waals surface area (Å²) >= 11 is 5.88. The first-order valence-corrected chi connectivity index (χ1v) is 7.28. The van der Waals surface area contributed by atoms with Crippen LogP contribution in [-0.4, -0.2) is 32.1 Å². The number of nitrogens with two attached hydrogens (primary N) is 1. The van der Waals surface area contributed by atoms with Crippen molar-refractivity contribution in [3.8, 4) is 0 Å². The molecule has 0 heterocycles. The van der Waals surface area contributed by atoms with Crippen LogP contribution in [0, 0.1) is 0 Å². The zero-order chi connectivity index (χ0) is 13.1. The number of rotatable bonds is 5. The molecule has 6 heteroatoms. The first kappa shape index (κ1) is 14.4. The van der Waals surface area contributed by atoms with E-state index in [2.05, 4.69) is 0 Å². The van der Waals surface area contributed by atoms with Crippen LogP contribution in [0.3, 0.4) is 0 Å². The van der Waals surface area contributed by atoms with Crippen molar-refractivity contribution < 1.29 is 8.42 Å². The van der Waals surface area contributed by atoms with E-state index in [1.54, 1.807) is 25.2 Å². The van der Waals surface area contributed by atoms with Crippen molar-refractivity contribution in [2.24, 2.45) is 5.73 Å². The lowest BCUT2D eigenvalue weighted by Gasteiger charge is -2.24. The second-order valence-corrected chi connectivity index (χ2v) is 6.44. The lowest BCUT2D eigenvalue weighted by molar-refractivity contribution is 0.398. The van der Waals surface area contributed by atoms with Crippen molar-refractivity contribution in [2.45, 2.75) is 13.0 Å². The third kappa shape index (κ3) is 3.67. The molecule has 0 aliphatic heterocycles. The van der Waals surface area contributed by atoms with Gasteiger partial charge in [0, 0.05) is 24.7 Å². The summed E-state index contributed by atoms with van der Waals surface area (Å²) in [7, 11) is -1.75. The van der Waals surface area contributed by atoms with Crippen LogP contribution >= 0.6 is 11.6 Å². The summed E-state index contributed by atoms with van der Waals surface area (Å²) < 4.78 is 25.0. The van der Waals surface area contributed by atoms with Crippen LogP contribution < -0.4 is 5.73 Å². The highest BCUT2D eigenvalue weighted by molar-refractivity contribution is 7.89. The molecule has 0 bridgehead atoms. The minimum absolute atomic E-state index is 0.0472. The Labute approximate surface area is 107 Å². The SMILES string of the molecule is CC(c1cccc(Cl)c1)N(C)S(=O)(=O)CCN. The molecule has 1 atom stereocenters. The molecule has 0 amide bonds. The van der Waals surface area contributed by atoms with Crippen LogP contribution in [0.5, 0.6) is 0 Å². The lowest BCUT2D eigenvalue weighted by atomic mass is 10.1. The number of benzene rings is 1. The molecular formula is C11H17ClN2O2S. The zero-order valence-corrected chi connectivity index (χ0v) is 11.5. The van der Waals surface area contributed by atoms with Gasteiger partial charge in [-0.05, 0) is 24.6 Å². The standard InChI is InChI=1S/C11H17ClN2O2S/c1-9(10-4-3-5-11(12)8-10)14(2)17(15,16)7-6-13/h3-5,8-9H,6-7,13H2,1-2H3. The summed E-state index contributed by atoms with van der Waals surface area (Å²) in [6, 6.07) is 6.92. The Bertz CT molecular complexity index is 476. The van der Waals surface area contributed by atoms with E-state index in [9.17, 15) is 8.42 Å². The van der Waals surface area contributed by atoms with Gasteiger partial charge in [-0.2, -0.15) is 4.31 Å². The van der Waals surface area contributed by atoms with Gasteiger partial charge in [-0.25, -0.2) is 8.42 Å². The minimum Gasteiger partial charge on any atom is -0.329 e. The molecular weight excluding hydrogens is 260 g/mol. The average molecular weight is 277 g/mol. The summed E-state index contributed by atoms with van der Waals surface area (Å²) in [5, 5.41) is 0.596. The van der Waals surface area contributed by atoms with Gasteiger partial charge in [0.15, 0.2) is 0 Å². The normalized spacial score (nSPS) is 13.9. The second kappa shape index (κ2) is 5.82. The van der Waals surface area contributed by atoms with Gasteiger partial charge >= 0.3 is 0 Å². The van der Waals surface area contributed by atoms with Gasteiger partial charge in [-0.3, -0.25) is 0 Å². The molecule has 2 N–H and O–H groups in total. The Balaban J connectivity index is 2.94. The van der Waals surface area contributed by atoms with Crippen LogP contribution in [0.1, 0.15) is 18.5 Å². The van der Waals surface area contributed by atoms with Gasteiger partial charge in [-0.1, -0.05) is 23.7 Å². The van der Waals surface area contributed by atoms with E-state index in [4.69, 9.17) is 17.3 Å². The average Bonchev–Trinajstić information content (AvgIpc) is 2.27. The van der Waals surface area contributed by atoms with Crippen molar-refractivity contribution in [1.29, 1.82) is 0 Å². The van der Waals surface area contributed by atoms with E-state index < -0.39 is 10.0 Å². The molecule has 4 nitrogen and oxygen atoms in total. The largest absolute Gasteiger partial charge is 0.329 e. The molecule has 0 aromatic heterocycles. The van der Waals surface area contributed by atoms with Gasteiger partial charge in [-0.15, -0.1) is 0 Å². The van der Waals surface area contributed by atoms with E-state index in [0.29, 0.717) is 5.02 Å². The Morgan fingerprint density at radius 1 is 1.47 bits per heavy atom. The highest BCUT2D eigenvalue weighted by atomic mass is 35.5. The number of nitrogens with zero attached hydrogens (tertiary/aromatic N) is 1. The van der Waals surface area contributed by atoms with E-state index in [1.807, 2.05) is 13.0 Å². The molecule has 1 aromatic rings. The van der Waals surface area contributed by atoms with Crippen molar-refractivity contribution in [1.82, 2.24) is 4.31 Å². The zero-order valence-electron chi connectivity index (χ0n) is 9.93. The topological polar surface area (TPSA) is 63.4 Å². The van der Waals surface area contributed by atoms with E-state index in [1.165, 1.54) is 4.31 Å². The maximum atomic E-state index is 11.8. The van der Waals surface area contributed by atoms with Gasteiger partial charge in [0.2, 0.25) is 10.0 Å². The highest BCUT2D eigenvalue weighted by Crippen LogP contribution is 2.23. The van der Waals surface area contributed by atoms with Crippen LogP contribution in [0.2, 0.25) is 5.02 Å². The van der Waals surface area contributed by atoms with Gasteiger partial charge in [0.1, 0.15) is 0 Å². The fourth-order valence-electron chi connectivity index (χ4n) is 1.51. The molecule has 0 saturated heterocycles. The molecule has 0 aliphatic carbocycles. The first-order valence-electron chi connectivity index (χ1n) is 5.29. The fraction of sp³-hybridized carbons (Fsp3) is 0.455. The Kier molecular flexibility index (Phi) is 4.94. The smallest absolute Gasteiger partial charge is 0.215 e. The minimum atomic E-state index is -3.31. The first-order chi connectivity index (χ1) is 7.88. The summed E-state index contributed by atoms with van der Waals surface area (Å²) in [4.78, 5) is 0. The van der Waals surface area contributed by atoms with Crippen LogP contribution in [0.4, 0.5) is 0 Å². The number of halogens is 1. The van der Waals surface area contributed by atoms with E-state index >= 15 is 0 Å².